The van der Waals surface area contributed by atoms with Gasteiger partial charge in [-0.05, 0) is 36.4 Å². The standard InChI is InChI=1S/C16H13F2NO4/c1-10(20)19-11-6-8-12(9-7-11)22-15(21)13-4-2-3-5-14(13)23-16(17)18/h2-9,16H,1H3,(H,19,20). The molecule has 0 heterocycles. The summed E-state index contributed by atoms with van der Waals surface area (Å²) in [5.74, 6) is -1.11. The van der Waals surface area contributed by atoms with Crippen molar-refractivity contribution in [1.82, 2.24) is 0 Å². The van der Waals surface area contributed by atoms with Crippen LogP contribution in [-0.2, 0) is 4.79 Å². The molecule has 0 aliphatic carbocycles. The fourth-order valence-corrected chi connectivity index (χ4v) is 1.81. The normalized spacial score (nSPS) is 10.3. The molecule has 1 N–H and O–H groups in total. The van der Waals surface area contributed by atoms with Gasteiger partial charge in [-0.25, -0.2) is 4.79 Å². The summed E-state index contributed by atoms with van der Waals surface area (Å²) in [4.78, 5) is 23.0. The number of carbonyl (C=O) groups is 2. The first-order chi connectivity index (χ1) is 11.0. The zero-order valence-corrected chi connectivity index (χ0v) is 12.1. The van der Waals surface area contributed by atoms with E-state index in [-0.39, 0.29) is 23.0 Å². The molecule has 0 spiro atoms. The molecule has 0 aliphatic rings. The van der Waals surface area contributed by atoms with Crippen molar-refractivity contribution in [3.05, 3.63) is 54.1 Å². The number of alkyl halides is 2. The van der Waals surface area contributed by atoms with E-state index in [9.17, 15) is 18.4 Å². The molecule has 2 aromatic rings. The number of carbonyl (C=O) groups excluding carboxylic acids is 2. The van der Waals surface area contributed by atoms with Crippen LogP contribution in [0.5, 0.6) is 11.5 Å². The molecule has 120 valence electrons. The van der Waals surface area contributed by atoms with Crippen molar-refractivity contribution in [1.29, 1.82) is 0 Å². The molecule has 0 aromatic heterocycles. The molecule has 0 radical (unpaired) electrons. The Bertz CT molecular complexity index is 701. The quantitative estimate of drug-likeness (QED) is 0.676. The summed E-state index contributed by atoms with van der Waals surface area (Å²) in [6.45, 7) is -1.67. The highest BCUT2D eigenvalue weighted by atomic mass is 19.3. The summed E-state index contributed by atoms with van der Waals surface area (Å²) >= 11 is 0. The summed E-state index contributed by atoms with van der Waals surface area (Å²) < 4.78 is 34.1. The van der Waals surface area contributed by atoms with Crippen molar-refractivity contribution in [2.75, 3.05) is 5.32 Å². The predicted octanol–water partition coefficient (Wildman–Crippen LogP) is 3.47. The van der Waals surface area contributed by atoms with Crippen LogP contribution >= 0.6 is 0 Å². The van der Waals surface area contributed by atoms with Crippen molar-refractivity contribution in [3.63, 3.8) is 0 Å². The van der Waals surface area contributed by atoms with Crippen LogP contribution in [0.15, 0.2) is 48.5 Å². The van der Waals surface area contributed by atoms with Crippen LogP contribution < -0.4 is 14.8 Å². The Labute approximate surface area is 130 Å². The van der Waals surface area contributed by atoms with E-state index in [0.717, 1.165) is 0 Å². The molecule has 2 aromatic carbocycles. The molecular weight excluding hydrogens is 308 g/mol. The van der Waals surface area contributed by atoms with Crippen molar-refractivity contribution in [2.24, 2.45) is 0 Å². The van der Waals surface area contributed by atoms with Gasteiger partial charge in [0.25, 0.3) is 0 Å². The Morgan fingerprint density at radius 2 is 1.70 bits per heavy atom. The van der Waals surface area contributed by atoms with E-state index >= 15 is 0 Å². The third-order valence-corrected chi connectivity index (χ3v) is 2.71. The zero-order valence-electron chi connectivity index (χ0n) is 12.1. The lowest BCUT2D eigenvalue weighted by Crippen LogP contribution is -2.12. The smallest absolute Gasteiger partial charge is 0.387 e. The van der Waals surface area contributed by atoms with Gasteiger partial charge in [0.2, 0.25) is 5.91 Å². The summed E-state index contributed by atoms with van der Waals surface area (Å²) in [6.07, 6.45) is 0. The number of hydrogen-bond acceptors (Lipinski definition) is 4. The fraction of sp³-hybridized carbons (Fsp3) is 0.125. The lowest BCUT2D eigenvalue weighted by molar-refractivity contribution is -0.114. The van der Waals surface area contributed by atoms with E-state index < -0.39 is 12.6 Å². The van der Waals surface area contributed by atoms with Gasteiger partial charge in [-0.15, -0.1) is 0 Å². The Hall–Kier alpha value is -2.96. The first kappa shape index (κ1) is 16.4. The molecular formula is C16H13F2NO4. The van der Waals surface area contributed by atoms with Crippen LogP contribution in [0.4, 0.5) is 14.5 Å². The molecule has 23 heavy (non-hydrogen) atoms. The Morgan fingerprint density at radius 1 is 1.04 bits per heavy atom. The second-order valence-electron chi connectivity index (χ2n) is 4.47. The number of para-hydroxylation sites is 1. The second kappa shape index (κ2) is 7.35. The van der Waals surface area contributed by atoms with E-state index in [4.69, 9.17) is 4.74 Å². The predicted molar refractivity (Wildman–Crippen MR) is 78.8 cm³/mol. The number of nitrogens with one attached hydrogen (secondary N) is 1. The highest BCUT2D eigenvalue weighted by Gasteiger charge is 2.17. The molecule has 7 heteroatoms. The van der Waals surface area contributed by atoms with E-state index in [1.54, 1.807) is 12.1 Å². The number of hydrogen-bond donors (Lipinski definition) is 1. The Kier molecular flexibility index (Phi) is 5.24. The average molecular weight is 321 g/mol. The number of anilines is 1. The van der Waals surface area contributed by atoms with Crippen LogP contribution in [0, 0.1) is 0 Å². The lowest BCUT2D eigenvalue weighted by atomic mass is 10.2. The van der Waals surface area contributed by atoms with Crippen LogP contribution in [0.3, 0.4) is 0 Å². The highest BCUT2D eigenvalue weighted by Crippen LogP contribution is 2.23. The zero-order chi connectivity index (χ0) is 16.8. The highest BCUT2D eigenvalue weighted by molar-refractivity contribution is 5.94. The van der Waals surface area contributed by atoms with E-state index in [1.807, 2.05) is 0 Å². The topological polar surface area (TPSA) is 64.6 Å². The summed E-state index contributed by atoms with van der Waals surface area (Å²) in [5, 5.41) is 2.56. The van der Waals surface area contributed by atoms with Gasteiger partial charge in [0, 0.05) is 12.6 Å². The molecule has 0 saturated carbocycles. The van der Waals surface area contributed by atoms with Gasteiger partial charge in [0.05, 0.1) is 0 Å². The van der Waals surface area contributed by atoms with Crippen LogP contribution in [0.1, 0.15) is 17.3 Å². The van der Waals surface area contributed by atoms with Gasteiger partial charge >= 0.3 is 12.6 Å². The molecule has 0 bridgehead atoms. The maximum atomic E-state index is 12.3. The van der Waals surface area contributed by atoms with Gasteiger partial charge in [0.15, 0.2) is 0 Å². The number of ether oxygens (including phenoxy) is 2. The molecule has 0 fully saturated rings. The monoisotopic (exact) mass is 321 g/mol. The molecule has 0 atom stereocenters. The van der Waals surface area contributed by atoms with Gasteiger partial charge < -0.3 is 14.8 Å². The number of rotatable bonds is 5. The maximum absolute atomic E-state index is 12.3. The first-order valence-electron chi connectivity index (χ1n) is 6.59. The lowest BCUT2D eigenvalue weighted by Gasteiger charge is -2.10. The average Bonchev–Trinajstić information content (AvgIpc) is 2.48. The summed E-state index contributed by atoms with van der Waals surface area (Å²) in [5.41, 5.74) is 0.428. The SMILES string of the molecule is CC(=O)Nc1ccc(OC(=O)c2ccccc2OC(F)F)cc1. The van der Waals surface area contributed by atoms with E-state index in [0.29, 0.717) is 5.69 Å². The molecule has 1 amide bonds. The van der Waals surface area contributed by atoms with Crippen molar-refractivity contribution >= 4 is 17.6 Å². The molecule has 2 rings (SSSR count). The number of amides is 1. The van der Waals surface area contributed by atoms with E-state index in [2.05, 4.69) is 10.1 Å². The summed E-state index contributed by atoms with van der Waals surface area (Å²) in [6, 6.07) is 11.6. The first-order valence-corrected chi connectivity index (χ1v) is 6.59. The minimum Gasteiger partial charge on any atom is -0.434 e. The third kappa shape index (κ3) is 4.77. The van der Waals surface area contributed by atoms with Crippen LogP contribution in [0.2, 0.25) is 0 Å². The van der Waals surface area contributed by atoms with Crippen LogP contribution in [0.25, 0.3) is 0 Å². The molecule has 0 saturated heterocycles. The van der Waals surface area contributed by atoms with Gasteiger partial charge in [-0.1, -0.05) is 12.1 Å². The van der Waals surface area contributed by atoms with E-state index in [1.165, 1.54) is 43.3 Å². The Balaban J connectivity index is 2.11. The van der Waals surface area contributed by atoms with Crippen molar-refractivity contribution in [3.8, 4) is 11.5 Å². The molecule has 5 nitrogen and oxygen atoms in total. The minimum absolute atomic E-state index is 0.112. The fourth-order valence-electron chi connectivity index (χ4n) is 1.81. The minimum atomic E-state index is -3.04. The van der Waals surface area contributed by atoms with Crippen LogP contribution in [-0.4, -0.2) is 18.5 Å². The Morgan fingerprint density at radius 3 is 2.30 bits per heavy atom. The van der Waals surface area contributed by atoms with Gasteiger partial charge in [-0.2, -0.15) is 8.78 Å². The largest absolute Gasteiger partial charge is 0.434 e. The van der Waals surface area contributed by atoms with Crippen molar-refractivity contribution in [2.45, 2.75) is 13.5 Å². The van der Waals surface area contributed by atoms with Gasteiger partial charge in [-0.3, -0.25) is 4.79 Å². The number of benzene rings is 2. The second-order valence-corrected chi connectivity index (χ2v) is 4.47. The number of halogens is 2. The third-order valence-electron chi connectivity index (χ3n) is 2.71. The molecule has 0 aliphatic heterocycles. The van der Waals surface area contributed by atoms with Gasteiger partial charge in [0.1, 0.15) is 17.1 Å². The van der Waals surface area contributed by atoms with Crippen molar-refractivity contribution < 1.29 is 27.8 Å². The maximum Gasteiger partial charge on any atom is 0.387 e. The summed E-state index contributed by atoms with van der Waals surface area (Å²) in [7, 11) is 0. The molecule has 0 unspecified atom stereocenters. The number of esters is 1.